The lowest BCUT2D eigenvalue weighted by Gasteiger charge is -2.33. The van der Waals surface area contributed by atoms with Crippen LogP contribution in [0.5, 0.6) is 0 Å². The maximum absolute atomic E-state index is 14.6. The smallest absolute Gasteiger partial charge is 0.326 e. The number of nitrogens with zero attached hydrogens (tertiary/aromatic N) is 1. The SMILES string of the molecule is CC(=O)OCC1NC(=O)C(CCc2ccccc2)N(C)C(=O)C(CCc2ccccc2)NC(=O)C(C(C)C)NC(=O)C(NC(=O)NC(Cc2ccccc2)C(=O)O)CCCCNC1=O. The molecule has 1 aliphatic heterocycles. The van der Waals surface area contributed by atoms with Gasteiger partial charge in [-0.3, -0.25) is 28.8 Å². The van der Waals surface area contributed by atoms with Crippen LogP contribution in [0.4, 0.5) is 4.79 Å². The normalized spacial score (nSPS) is 21.1. The number of hydrogen-bond donors (Lipinski definition) is 7. The Balaban J connectivity index is 1.68. The van der Waals surface area contributed by atoms with Gasteiger partial charge in [0.05, 0.1) is 0 Å². The molecule has 0 aliphatic carbocycles. The number of carboxylic acid groups (broad SMARTS) is 1. The molecule has 4 rings (SSSR count). The molecule has 64 heavy (non-hydrogen) atoms. The van der Waals surface area contributed by atoms with E-state index >= 15 is 0 Å². The second-order valence-corrected chi connectivity index (χ2v) is 16.2. The van der Waals surface area contributed by atoms with Crippen LogP contribution in [0.2, 0.25) is 0 Å². The lowest BCUT2D eigenvalue weighted by Crippen LogP contribution is -2.61. The van der Waals surface area contributed by atoms with Gasteiger partial charge < -0.3 is 46.6 Å². The summed E-state index contributed by atoms with van der Waals surface area (Å²) in [7, 11) is 1.45. The Labute approximate surface area is 373 Å². The number of amides is 7. The van der Waals surface area contributed by atoms with Gasteiger partial charge in [0.15, 0.2) is 0 Å². The van der Waals surface area contributed by atoms with Crippen molar-refractivity contribution in [1.82, 2.24) is 36.8 Å². The molecule has 17 nitrogen and oxygen atoms in total. The fraction of sp³-hybridized carbons (Fsp3) is 0.447. The number of likely N-dealkylation sites (N-methyl/N-ethyl adjacent to an activating group) is 1. The minimum atomic E-state index is -1.34. The van der Waals surface area contributed by atoms with Gasteiger partial charge in [0.2, 0.25) is 29.5 Å². The summed E-state index contributed by atoms with van der Waals surface area (Å²) in [6, 6.07) is 18.9. The van der Waals surface area contributed by atoms with Gasteiger partial charge in [-0.15, -0.1) is 0 Å². The highest BCUT2D eigenvalue weighted by atomic mass is 16.5. The number of hydrogen-bond acceptors (Lipinski definition) is 9. The van der Waals surface area contributed by atoms with Crippen molar-refractivity contribution in [3.05, 3.63) is 108 Å². The summed E-state index contributed by atoms with van der Waals surface area (Å²) < 4.78 is 5.16. The molecule has 3 aromatic carbocycles. The number of rotatable bonds is 14. The first-order chi connectivity index (χ1) is 30.6. The first-order valence-electron chi connectivity index (χ1n) is 21.6. The lowest BCUT2D eigenvalue weighted by atomic mass is 9.98. The Morgan fingerprint density at radius 2 is 1.30 bits per heavy atom. The second kappa shape index (κ2) is 25.4. The van der Waals surface area contributed by atoms with Gasteiger partial charge in [0.25, 0.3) is 0 Å². The third kappa shape index (κ3) is 16.2. The predicted molar refractivity (Wildman–Crippen MR) is 237 cm³/mol. The van der Waals surface area contributed by atoms with Crippen molar-refractivity contribution in [3.8, 4) is 0 Å². The largest absolute Gasteiger partial charge is 0.480 e. The van der Waals surface area contributed by atoms with E-state index in [-0.39, 0.29) is 45.1 Å². The van der Waals surface area contributed by atoms with E-state index in [1.165, 1.54) is 11.9 Å². The van der Waals surface area contributed by atoms with Gasteiger partial charge in [0, 0.05) is 26.9 Å². The van der Waals surface area contributed by atoms with Gasteiger partial charge >= 0.3 is 18.0 Å². The molecule has 1 aliphatic rings. The summed E-state index contributed by atoms with van der Waals surface area (Å²) in [5.74, 6) is -5.85. The molecule has 7 amide bonds. The minimum absolute atomic E-state index is 0.0116. The number of benzene rings is 3. The highest BCUT2D eigenvalue weighted by molar-refractivity contribution is 5.96. The first kappa shape index (κ1) is 49.9. The number of urea groups is 1. The zero-order valence-corrected chi connectivity index (χ0v) is 36.8. The Morgan fingerprint density at radius 1 is 0.734 bits per heavy atom. The molecule has 0 spiro atoms. The average Bonchev–Trinajstić information content (AvgIpc) is 3.27. The van der Waals surface area contributed by atoms with Crippen molar-refractivity contribution in [2.45, 2.75) is 108 Å². The summed E-state index contributed by atoms with van der Waals surface area (Å²) in [4.78, 5) is 109. The molecule has 1 saturated heterocycles. The molecule has 3 aromatic rings. The van der Waals surface area contributed by atoms with Crippen LogP contribution in [-0.2, 0) is 57.6 Å². The van der Waals surface area contributed by atoms with E-state index in [1.807, 2.05) is 60.7 Å². The van der Waals surface area contributed by atoms with Crippen LogP contribution >= 0.6 is 0 Å². The fourth-order valence-electron chi connectivity index (χ4n) is 7.25. The van der Waals surface area contributed by atoms with Gasteiger partial charge in [-0.1, -0.05) is 105 Å². The zero-order chi connectivity index (χ0) is 46.6. The predicted octanol–water partition coefficient (Wildman–Crippen LogP) is 2.42. The lowest BCUT2D eigenvalue weighted by molar-refractivity contribution is -0.146. The molecule has 1 fully saturated rings. The number of esters is 1. The number of ether oxygens (including phenoxy) is 1. The summed E-state index contributed by atoms with van der Waals surface area (Å²) in [5.41, 5.74) is 2.44. The molecule has 7 N–H and O–H groups in total. The van der Waals surface area contributed by atoms with E-state index in [4.69, 9.17) is 4.74 Å². The van der Waals surface area contributed by atoms with Gasteiger partial charge in [-0.25, -0.2) is 9.59 Å². The zero-order valence-electron chi connectivity index (χ0n) is 36.8. The Bertz CT molecular complexity index is 2040. The van der Waals surface area contributed by atoms with Crippen molar-refractivity contribution in [2.75, 3.05) is 20.2 Å². The van der Waals surface area contributed by atoms with Crippen molar-refractivity contribution < 1.29 is 48.2 Å². The molecule has 0 radical (unpaired) electrons. The van der Waals surface area contributed by atoms with E-state index < -0.39 is 96.3 Å². The van der Waals surface area contributed by atoms with Crippen LogP contribution in [0.25, 0.3) is 0 Å². The van der Waals surface area contributed by atoms with Crippen LogP contribution in [0.15, 0.2) is 91.0 Å². The maximum atomic E-state index is 14.6. The molecule has 0 bridgehead atoms. The molecule has 6 unspecified atom stereocenters. The first-order valence-corrected chi connectivity index (χ1v) is 21.6. The van der Waals surface area contributed by atoms with Crippen LogP contribution in [-0.4, -0.2) is 114 Å². The van der Waals surface area contributed by atoms with Gasteiger partial charge in [-0.2, -0.15) is 0 Å². The van der Waals surface area contributed by atoms with Crippen LogP contribution < -0.4 is 31.9 Å². The number of carbonyl (C=O) groups is 8. The topological polar surface area (TPSA) is 241 Å². The number of carbonyl (C=O) groups excluding carboxylic acids is 7. The van der Waals surface area contributed by atoms with Crippen LogP contribution in [0, 0.1) is 5.92 Å². The molecule has 344 valence electrons. The van der Waals surface area contributed by atoms with E-state index in [1.54, 1.807) is 44.2 Å². The molecule has 6 atom stereocenters. The monoisotopic (exact) mass is 883 g/mol. The minimum Gasteiger partial charge on any atom is -0.480 e. The highest BCUT2D eigenvalue weighted by Crippen LogP contribution is 2.16. The van der Waals surface area contributed by atoms with E-state index in [2.05, 4.69) is 31.9 Å². The Morgan fingerprint density at radius 3 is 1.86 bits per heavy atom. The highest BCUT2D eigenvalue weighted by Gasteiger charge is 2.37. The molecule has 0 aromatic heterocycles. The molecular weight excluding hydrogens is 823 g/mol. The third-order valence-electron chi connectivity index (χ3n) is 10.9. The number of aliphatic carboxylic acids is 1. The Kier molecular flexibility index (Phi) is 19.8. The molecular formula is C47H61N7O10. The summed E-state index contributed by atoms with van der Waals surface area (Å²) >= 11 is 0. The Hall–Kier alpha value is -6.78. The quantitative estimate of drug-likeness (QED) is 0.117. The third-order valence-corrected chi connectivity index (χ3v) is 10.9. The number of carboxylic acids is 1. The standard InChI is InChI=1S/C47H61N7O10/c1-30(2)40-44(59)49-36(25-23-32-16-8-5-9-17-32)45(60)54(4)39(26-24-33-18-10-6-11-19-33)43(58)50-38(29-64-31(3)55)41(56)48-27-15-14-22-35(42(57)53-40)51-47(63)52-37(46(61)62)28-34-20-12-7-13-21-34/h5-13,16-21,30,35-40H,14-15,22-29H2,1-4H3,(H,48,56)(H,49,59)(H,50,58)(H,53,57)(H,61,62)(H2,51,52,63). The average molecular weight is 884 g/mol. The van der Waals surface area contributed by atoms with E-state index in [9.17, 15) is 43.5 Å². The maximum Gasteiger partial charge on any atom is 0.326 e. The van der Waals surface area contributed by atoms with Crippen LogP contribution in [0.3, 0.4) is 0 Å². The molecule has 17 heteroatoms. The summed E-state index contributed by atoms with van der Waals surface area (Å²) in [6.45, 7) is 4.15. The van der Waals surface area contributed by atoms with Crippen molar-refractivity contribution in [2.24, 2.45) is 5.92 Å². The van der Waals surface area contributed by atoms with E-state index in [0.29, 0.717) is 18.4 Å². The second-order valence-electron chi connectivity index (χ2n) is 16.2. The summed E-state index contributed by atoms with van der Waals surface area (Å²) in [6.07, 6.45) is 1.50. The number of nitrogens with one attached hydrogen (secondary N) is 6. The molecule has 0 saturated carbocycles. The van der Waals surface area contributed by atoms with Crippen LogP contribution in [0.1, 0.15) is 69.6 Å². The fourth-order valence-corrected chi connectivity index (χ4v) is 7.25. The molecule has 1 heterocycles. The number of aryl methyl sites for hydroxylation is 2. The van der Waals surface area contributed by atoms with Crippen molar-refractivity contribution in [3.63, 3.8) is 0 Å². The van der Waals surface area contributed by atoms with Crippen molar-refractivity contribution >= 4 is 47.5 Å². The summed E-state index contributed by atoms with van der Waals surface area (Å²) in [5, 5.41) is 25.9. The van der Waals surface area contributed by atoms with E-state index in [0.717, 1.165) is 18.1 Å². The van der Waals surface area contributed by atoms with Gasteiger partial charge in [-0.05, 0) is 67.6 Å². The van der Waals surface area contributed by atoms with Gasteiger partial charge in [0.1, 0.15) is 42.9 Å². The van der Waals surface area contributed by atoms with Crippen molar-refractivity contribution in [1.29, 1.82) is 0 Å².